The molecule has 0 unspecified atom stereocenters. The van der Waals surface area contributed by atoms with Gasteiger partial charge in [-0.05, 0) is 30.0 Å². The molecule has 0 fully saturated rings. The van der Waals surface area contributed by atoms with Gasteiger partial charge in [0.15, 0.2) is 0 Å². The van der Waals surface area contributed by atoms with Gasteiger partial charge in [0.1, 0.15) is 12.0 Å². The van der Waals surface area contributed by atoms with Crippen LogP contribution in [0, 0.1) is 0 Å². The van der Waals surface area contributed by atoms with E-state index in [2.05, 4.69) is 6.07 Å². The van der Waals surface area contributed by atoms with Crippen LogP contribution < -0.4 is 4.74 Å². The monoisotopic (exact) mass is 176 g/mol. The summed E-state index contributed by atoms with van der Waals surface area (Å²) in [5.41, 5.74) is 2.32. The fraction of sp³-hybridized carbons (Fsp3) is 0.364. The van der Waals surface area contributed by atoms with Crippen molar-refractivity contribution in [1.82, 2.24) is 0 Å². The number of hydrogen-bond acceptors (Lipinski definition) is 2. The third-order valence-corrected chi connectivity index (χ3v) is 2.29. The maximum atomic E-state index is 10.3. The van der Waals surface area contributed by atoms with E-state index in [4.69, 9.17) is 4.74 Å². The molecule has 2 rings (SSSR count). The van der Waals surface area contributed by atoms with Crippen molar-refractivity contribution in [2.24, 2.45) is 0 Å². The number of fused-ring (bicyclic) bond motifs is 1. The van der Waals surface area contributed by atoms with Crippen LogP contribution in [0.25, 0.3) is 0 Å². The molecular weight excluding hydrogens is 164 g/mol. The summed E-state index contributed by atoms with van der Waals surface area (Å²) in [7, 11) is 0. The Kier molecular flexibility index (Phi) is 2.30. The van der Waals surface area contributed by atoms with E-state index in [1.54, 1.807) is 0 Å². The average molecular weight is 176 g/mol. The first-order valence-corrected chi connectivity index (χ1v) is 4.58. The molecule has 2 heteroatoms. The molecule has 0 saturated heterocycles. The fourth-order valence-corrected chi connectivity index (χ4v) is 1.64. The van der Waals surface area contributed by atoms with Crippen molar-refractivity contribution in [3.8, 4) is 5.75 Å². The number of hydrogen-bond donors (Lipinski definition) is 0. The normalized spacial score (nSPS) is 14.5. The first-order valence-electron chi connectivity index (χ1n) is 4.58. The number of benzene rings is 1. The smallest absolute Gasteiger partial charge is 0.124 e. The van der Waals surface area contributed by atoms with Crippen LogP contribution in [0.1, 0.15) is 17.5 Å². The number of ether oxygens (including phenoxy) is 1. The number of rotatable bonds is 2. The van der Waals surface area contributed by atoms with E-state index in [1.165, 1.54) is 5.56 Å². The van der Waals surface area contributed by atoms with Gasteiger partial charge in [0.25, 0.3) is 0 Å². The first-order chi connectivity index (χ1) is 6.40. The molecule has 0 aromatic heterocycles. The van der Waals surface area contributed by atoms with Crippen LogP contribution in [0.4, 0.5) is 0 Å². The van der Waals surface area contributed by atoms with Crippen molar-refractivity contribution in [3.63, 3.8) is 0 Å². The number of aldehydes is 1. The Hall–Kier alpha value is -1.31. The van der Waals surface area contributed by atoms with Gasteiger partial charge in [-0.25, -0.2) is 0 Å². The second-order valence-electron chi connectivity index (χ2n) is 3.26. The third-order valence-electron chi connectivity index (χ3n) is 2.29. The summed E-state index contributed by atoms with van der Waals surface area (Å²) in [4.78, 5) is 10.3. The highest BCUT2D eigenvalue weighted by molar-refractivity contribution is 5.56. The molecule has 2 nitrogen and oxygen atoms in total. The van der Waals surface area contributed by atoms with Crippen molar-refractivity contribution >= 4 is 6.29 Å². The SMILES string of the molecule is O=CCc1ccc2c(c1)CCCO2. The molecule has 0 amide bonds. The lowest BCUT2D eigenvalue weighted by Crippen LogP contribution is -2.08. The van der Waals surface area contributed by atoms with Gasteiger partial charge in [-0.3, -0.25) is 0 Å². The van der Waals surface area contributed by atoms with Crippen LogP contribution in [-0.4, -0.2) is 12.9 Å². The number of carbonyl (C=O) groups excluding carboxylic acids is 1. The van der Waals surface area contributed by atoms with Crippen molar-refractivity contribution in [1.29, 1.82) is 0 Å². The van der Waals surface area contributed by atoms with Crippen molar-refractivity contribution < 1.29 is 9.53 Å². The molecular formula is C11H12O2. The Labute approximate surface area is 77.5 Å². The summed E-state index contributed by atoms with van der Waals surface area (Å²) < 4.78 is 5.47. The van der Waals surface area contributed by atoms with Crippen molar-refractivity contribution in [3.05, 3.63) is 29.3 Å². The number of aryl methyl sites for hydroxylation is 1. The molecule has 0 saturated carbocycles. The molecule has 0 aliphatic carbocycles. The molecule has 0 spiro atoms. The van der Waals surface area contributed by atoms with Crippen LogP contribution in [0.3, 0.4) is 0 Å². The van der Waals surface area contributed by atoms with E-state index in [0.29, 0.717) is 6.42 Å². The van der Waals surface area contributed by atoms with E-state index < -0.39 is 0 Å². The molecule has 1 aromatic rings. The van der Waals surface area contributed by atoms with Gasteiger partial charge < -0.3 is 9.53 Å². The van der Waals surface area contributed by atoms with E-state index in [0.717, 1.165) is 37.0 Å². The largest absolute Gasteiger partial charge is 0.493 e. The number of carbonyl (C=O) groups is 1. The predicted molar refractivity (Wildman–Crippen MR) is 50.0 cm³/mol. The Balaban J connectivity index is 2.29. The van der Waals surface area contributed by atoms with Crippen LogP contribution in [0.2, 0.25) is 0 Å². The standard InChI is InChI=1S/C11H12O2/c12-6-5-9-3-4-11-10(8-9)2-1-7-13-11/h3-4,6,8H,1-2,5,7H2. The minimum absolute atomic E-state index is 0.507. The summed E-state index contributed by atoms with van der Waals surface area (Å²) in [5.74, 6) is 0.987. The van der Waals surface area contributed by atoms with Gasteiger partial charge in [0.2, 0.25) is 0 Å². The molecule has 13 heavy (non-hydrogen) atoms. The highest BCUT2D eigenvalue weighted by Crippen LogP contribution is 2.25. The molecule has 1 aromatic carbocycles. The van der Waals surface area contributed by atoms with Gasteiger partial charge in [-0.15, -0.1) is 0 Å². The second kappa shape index (κ2) is 3.60. The van der Waals surface area contributed by atoms with E-state index in [1.807, 2.05) is 12.1 Å². The topological polar surface area (TPSA) is 26.3 Å². The zero-order valence-electron chi connectivity index (χ0n) is 7.45. The lowest BCUT2D eigenvalue weighted by Gasteiger charge is -2.17. The van der Waals surface area contributed by atoms with Gasteiger partial charge in [0.05, 0.1) is 6.61 Å². The molecule has 0 bridgehead atoms. The van der Waals surface area contributed by atoms with E-state index in [-0.39, 0.29) is 0 Å². The Morgan fingerprint density at radius 3 is 3.23 bits per heavy atom. The molecule has 1 heterocycles. The molecule has 0 atom stereocenters. The third kappa shape index (κ3) is 1.72. The first kappa shape index (κ1) is 8.30. The Bertz CT molecular complexity index is 318. The van der Waals surface area contributed by atoms with Gasteiger partial charge in [-0.2, -0.15) is 0 Å². The van der Waals surface area contributed by atoms with Crippen molar-refractivity contribution in [2.75, 3.05) is 6.61 Å². The zero-order chi connectivity index (χ0) is 9.10. The van der Waals surface area contributed by atoms with E-state index in [9.17, 15) is 4.79 Å². The lowest BCUT2D eigenvalue weighted by molar-refractivity contribution is -0.107. The fourth-order valence-electron chi connectivity index (χ4n) is 1.64. The zero-order valence-corrected chi connectivity index (χ0v) is 7.45. The highest BCUT2D eigenvalue weighted by atomic mass is 16.5. The molecule has 0 N–H and O–H groups in total. The summed E-state index contributed by atoms with van der Waals surface area (Å²) in [6.45, 7) is 0.819. The summed E-state index contributed by atoms with van der Waals surface area (Å²) in [6.07, 6.45) is 3.60. The minimum atomic E-state index is 0.507. The van der Waals surface area contributed by atoms with Crippen LogP contribution in [0.15, 0.2) is 18.2 Å². The summed E-state index contributed by atoms with van der Waals surface area (Å²) >= 11 is 0. The second-order valence-corrected chi connectivity index (χ2v) is 3.26. The molecule has 68 valence electrons. The molecule has 1 aliphatic heterocycles. The average Bonchev–Trinajstić information content (AvgIpc) is 2.18. The minimum Gasteiger partial charge on any atom is -0.493 e. The van der Waals surface area contributed by atoms with Crippen LogP contribution in [-0.2, 0) is 17.6 Å². The molecule has 1 aliphatic rings. The van der Waals surface area contributed by atoms with Gasteiger partial charge >= 0.3 is 0 Å². The van der Waals surface area contributed by atoms with Crippen molar-refractivity contribution in [2.45, 2.75) is 19.3 Å². The highest BCUT2D eigenvalue weighted by Gasteiger charge is 2.09. The quantitative estimate of drug-likeness (QED) is 0.642. The summed E-state index contributed by atoms with van der Waals surface area (Å²) in [5, 5.41) is 0. The maximum absolute atomic E-state index is 10.3. The van der Waals surface area contributed by atoms with Gasteiger partial charge in [0, 0.05) is 6.42 Å². The predicted octanol–water partition coefficient (Wildman–Crippen LogP) is 1.75. The lowest BCUT2D eigenvalue weighted by atomic mass is 10.0. The Morgan fingerprint density at radius 1 is 1.46 bits per heavy atom. The molecule has 0 radical (unpaired) electrons. The van der Waals surface area contributed by atoms with Crippen LogP contribution in [0.5, 0.6) is 5.75 Å². The summed E-state index contributed by atoms with van der Waals surface area (Å²) in [6, 6.07) is 5.99. The maximum Gasteiger partial charge on any atom is 0.124 e. The van der Waals surface area contributed by atoms with Crippen LogP contribution >= 0.6 is 0 Å². The van der Waals surface area contributed by atoms with E-state index >= 15 is 0 Å². The Morgan fingerprint density at radius 2 is 2.38 bits per heavy atom. The van der Waals surface area contributed by atoms with Gasteiger partial charge in [-0.1, -0.05) is 12.1 Å².